The number of nitrogens with one attached hydrogen (secondary N) is 2. The maximum Gasteiger partial charge on any atom is 0.255 e. The molecule has 1 unspecified atom stereocenters. The van der Waals surface area contributed by atoms with Gasteiger partial charge in [-0.3, -0.25) is 14.9 Å². The largest absolute Gasteiger partial charge is 0.350 e. The molecule has 2 aromatic heterocycles. The Kier molecular flexibility index (Phi) is 3.47. The lowest BCUT2D eigenvalue weighted by Crippen LogP contribution is -2.38. The Morgan fingerprint density at radius 1 is 1.45 bits per heavy atom. The summed E-state index contributed by atoms with van der Waals surface area (Å²) >= 11 is 0. The van der Waals surface area contributed by atoms with Crippen LogP contribution in [0.4, 0.5) is 0 Å². The fourth-order valence-electron chi connectivity index (χ4n) is 2.19. The fraction of sp³-hybridized carbons (Fsp3) is 0.357. The number of rotatable bonds is 5. The number of carbonyl (C=O) groups excluding carboxylic acids is 1. The second kappa shape index (κ2) is 5.42. The average Bonchev–Trinajstić information content (AvgIpc) is 3.22. The van der Waals surface area contributed by atoms with E-state index in [0.29, 0.717) is 23.7 Å². The number of hydrogen-bond acceptors (Lipinski definition) is 4. The van der Waals surface area contributed by atoms with Gasteiger partial charge < -0.3 is 11.1 Å². The van der Waals surface area contributed by atoms with E-state index in [1.807, 2.05) is 12.1 Å². The molecule has 1 aliphatic rings. The smallest absolute Gasteiger partial charge is 0.255 e. The van der Waals surface area contributed by atoms with Gasteiger partial charge in [0.1, 0.15) is 0 Å². The fourth-order valence-corrected chi connectivity index (χ4v) is 2.19. The van der Waals surface area contributed by atoms with Crippen molar-refractivity contribution >= 4 is 5.91 Å². The number of amides is 1. The van der Waals surface area contributed by atoms with E-state index in [-0.39, 0.29) is 11.9 Å². The van der Waals surface area contributed by atoms with Crippen molar-refractivity contribution < 1.29 is 4.79 Å². The van der Waals surface area contributed by atoms with E-state index in [1.54, 1.807) is 12.4 Å². The molecule has 0 aromatic carbocycles. The molecule has 20 heavy (non-hydrogen) atoms. The minimum atomic E-state index is -0.151. The lowest BCUT2D eigenvalue weighted by atomic mass is 10.1. The predicted molar refractivity (Wildman–Crippen MR) is 74.9 cm³/mol. The van der Waals surface area contributed by atoms with Crippen LogP contribution in [0.1, 0.15) is 23.2 Å². The molecule has 0 spiro atoms. The molecular formula is C14H17N5O. The van der Waals surface area contributed by atoms with Crippen LogP contribution in [0, 0.1) is 5.92 Å². The molecule has 0 bridgehead atoms. The number of pyridine rings is 1. The molecule has 2 heterocycles. The van der Waals surface area contributed by atoms with Gasteiger partial charge in [-0.15, -0.1) is 0 Å². The average molecular weight is 271 g/mol. The molecular weight excluding hydrogens is 254 g/mol. The molecule has 104 valence electrons. The van der Waals surface area contributed by atoms with Gasteiger partial charge in [-0.05, 0) is 30.9 Å². The predicted octanol–water partition coefficient (Wildman–Crippen LogP) is 0.939. The van der Waals surface area contributed by atoms with Crippen LogP contribution >= 0.6 is 0 Å². The van der Waals surface area contributed by atoms with Crippen LogP contribution in [0.5, 0.6) is 0 Å². The molecule has 0 saturated heterocycles. The minimum Gasteiger partial charge on any atom is -0.350 e. The second-order valence-corrected chi connectivity index (χ2v) is 5.11. The van der Waals surface area contributed by atoms with E-state index < -0.39 is 0 Å². The maximum atomic E-state index is 12.2. The first-order valence-electron chi connectivity index (χ1n) is 6.73. The molecule has 1 aliphatic carbocycles. The SMILES string of the molecule is NC(CNC(=O)c1cn[nH]c1-c1ccncc1)C1CC1. The Bertz CT molecular complexity index is 591. The van der Waals surface area contributed by atoms with E-state index in [0.717, 1.165) is 5.56 Å². The first kappa shape index (κ1) is 12.8. The Hall–Kier alpha value is -2.21. The summed E-state index contributed by atoms with van der Waals surface area (Å²) in [5, 5.41) is 9.69. The summed E-state index contributed by atoms with van der Waals surface area (Å²) in [5.74, 6) is 0.418. The van der Waals surface area contributed by atoms with Crippen LogP contribution in [0.25, 0.3) is 11.3 Å². The Labute approximate surface area is 116 Å². The number of hydrogen-bond donors (Lipinski definition) is 3. The van der Waals surface area contributed by atoms with Gasteiger partial charge in [0.05, 0.1) is 17.5 Å². The minimum absolute atomic E-state index is 0.0511. The highest BCUT2D eigenvalue weighted by atomic mass is 16.1. The number of aromatic amines is 1. The van der Waals surface area contributed by atoms with E-state index in [4.69, 9.17) is 5.73 Å². The Balaban J connectivity index is 1.70. The van der Waals surface area contributed by atoms with Crippen molar-refractivity contribution in [3.8, 4) is 11.3 Å². The number of nitrogens with zero attached hydrogens (tertiary/aromatic N) is 2. The second-order valence-electron chi connectivity index (χ2n) is 5.11. The lowest BCUT2D eigenvalue weighted by molar-refractivity contribution is 0.0951. The van der Waals surface area contributed by atoms with Crippen molar-refractivity contribution in [2.24, 2.45) is 11.7 Å². The summed E-state index contributed by atoms with van der Waals surface area (Å²) in [6.07, 6.45) is 7.24. The van der Waals surface area contributed by atoms with Crippen LogP contribution in [-0.4, -0.2) is 33.7 Å². The third kappa shape index (κ3) is 2.70. The lowest BCUT2D eigenvalue weighted by Gasteiger charge is -2.11. The van der Waals surface area contributed by atoms with E-state index in [1.165, 1.54) is 19.0 Å². The molecule has 2 aromatic rings. The van der Waals surface area contributed by atoms with Crippen LogP contribution < -0.4 is 11.1 Å². The third-order valence-electron chi connectivity index (χ3n) is 3.58. The summed E-state index contributed by atoms with van der Waals surface area (Å²) in [5.41, 5.74) is 8.09. The van der Waals surface area contributed by atoms with Crippen molar-refractivity contribution in [3.05, 3.63) is 36.3 Å². The standard InChI is InChI=1S/C14H17N5O/c15-12(9-1-2-9)8-17-14(20)11-7-18-19-13(11)10-3-5-16-6-4-10/h3-7,9,12H,1-2,8,15H2,(H,17,20)(H,18,19). The Morgan fingerprint density at radius 2 is 2.20 bits per heavy atom. The summed E-state index contributed by atoms with van der Waals surface area (Å²) in [4.78, 5) is 16.2. The van der Waals surface area contributed by atoms with E-state index in [9.17, 15) is 4.79 Å². The zero-order chi connectivity index (χ0) is 13.9. The first-order valence-corrected chi connectivity index (χ1v) is 6.73. The van der Waals surface area contributed by atoms with Gasteiger partial charge in [-0.25, -0.2) is 0 Å². The highest BCUT2D eigenvalue weighted by Crippen LogP contribution is 2.31. The number of carbonyl (C=O) groups is 1. The van der Waals surface area contributed by atoms with Crippen LogP contribution in [0.3, 0.4) is 0 Å². The molecule has 0 radical (unpaired) electrons. The van der Waals surface area contributed by atoms with Gasteiger partial charge in [-0.1, -0.05) is 0 Å². The normalized spacial score (nSPS) is 15.8. The van der Waals surface area contributed by atoms with Crippen LogP contribution in [-0.2, 0) is 0 Å². The molecule has 4 N–H and O–H groups in total. The summed E-state index contributed by atoms with van der Waals surface area (Å²) in [6.45, 7) is 0.504. The van der Waals surface area contributed by atoms with Gasteiger partial charge in [-0.2, -0.15) is 5.10 Å². The first-order chi connectivity index (χ1) is 9.75. The van der Waals surface area contributed by atoms with E-state index in [2.05, 4.69) is 20.5 Å². The van der Waals surface area contributed by atoms with Crippen molar-refractivity contribution in [3.63, 3.8) is 0 Å². The molecule has 6 heteroatoms. The summed E-state index contributed by atoms with van der Waals surface area (Å²) < 4.78 is 0. The van der Waals surface area contributed by atoms with Gasteiger partial charge in [0, 0.05) is 30.5 Å². The number of aromatic nitrogens is 3. The molecule has 1 fully saturated rings. The van der Waals surface area contributed by atoms with Gasteiger partial charge in [0.2, 0.25) is 0 Å². The zero-order valence-electron chi connectivity index (χ0n) is 11.0. The topological polar surface area (TPSA) is 96.7 Å². The van der Waals surface area contributed by atoms with Crippen molar-refractivity contribution in [1.82, 2.24) is 20.5 Å². The van der Waals surface area contributed by atoms with E-state index >= 15 is 0 Å². The molecule has 0 aliphatic heterocycles. The molecule has 1 saturated carbocycles. The molecule has 6 nitrogen and oxygen atoms in total. The van der Waals surface area contributed by atoms with Crippen molar-refractivity contribution in [2.75, 3.05) is 6.54 Å². The van der Waals surface area contributed by atoms with Gasteiger partial charge >= 0.3 is 0 Å². The monoisotopic (exact) mass is 271 g/mol. The summed E-state index contributed by atoms with van der Waals surface area (Å²) in [7, 11) is 0. The quantitative estimate of drug-likeness (QED) is 0.754. The Morgan fingerprint density at radius 3 is 2.90 bits per heavy atom. The highest BCUT2D eigenvalue weighted by molar-refractivity contribution is 5.99. The summed E-state index contributed by atoms with van der Waals surface area (Å²) in [6, 6.07) is 3.72. The van der Waals surface area contributed by atoms with Crippen molar-refractivity contribution in [2.45, 2.75) is 18.9 Å². The van der Waals surface area contributed by atoms with Crippen LogP contribution in [0.15, 0.2) is 30.7 Å². The van der Waals surface area contributed by atoms with Gasteiger partial charge in [0.15, 0.2) is 0 Å². The molecule has 1 atom stereocenters. The van der Waals surface area contributed by atoms with Gasteiger partial charge in [0.25, 0.3) is 5.91 Å². The number of nitrogens with two attached hydrogens (primary N) is 1. The third-order valence-corrected chi connectivity index (χ3v) is 3.58. The van der Waals surface area contributed by atoms with Crippen LogP contribution in [0.2, 0.25) is 0 Å². The molecule has 1 amide bonds. The maximum absolute atomic E-state index is 12.2. The number of H-pyrrole nitrogens is 1. The van der Waals surface area contributed by atoms with Crippen molar-refractivity contribution in [1.29, 1.82) is 0 Å². The zero-order valence-corrected chi connectivity index (χ0v) is 11.0. The molecule has 3 rings (SSSR count). The highest BCUT2D eigenvalue weighted by Gasteiger charge is 2.28.